The minimum atomic E-state index is -0.678. The SMILES string of the molecule is CC(C)(C)OC=O.O=C(CNC(=O)OCc1ccccc1)NCC(=O)N1CCNCC1. The molecule has 0 bridgehead atoms. The lowest BCUT2D eigenvalue weighted by Gasteiger charge is -2.27. The molecule has 3 amide bonds. The number of carbonyl (C=O) groups excluding carboxylic acids is 4. The Bertz CT molecular complexity index is 700. The summed E-state index contributed by atoms with van der Waals surface area (Å²) in [5.41, 5.74) is 0.542. The minimum absolute atomic E-state index is 0.0699. The summed E-state index contributed by atoms with van der Waals surface area (Å²) in [6, 6.07) is 9.23. The Morgan fingerprint density at radius 3 is 2.26 bits per heavy atom. The maximum Gasteiger partial charge on any atom is 0.407 e. The lowest BCUT2D eigenvalue weighted by atomic mass is 10.2. The van der Waals surface area contributed by atoms with E-state index in [1.165, 1.54) is 0 Å². The first-order valence-corrected chi connectivity index (χ1v) is 10.0. The Morgan fingerprint density at radius 2 is 1.71 bits per heavy atom. The van der Waals surface area contributed by atoms with Gasteiger partial charge in [-0.2, -0.15) is 0 Å². The number of ether oxygens (including phenoxy) is 2. The van der Waals surface area contributed by atoms with Crippen molar-refractivity contribution in [2.24, 2.45) is 0 Å². The minimum Gasteiger partial charge on any atom is -0.462 e. The van der Waals surface area contributed by atoms with Crippen LogP contribution in [0.15, 0.2) is 30.3 Å². The molecule has 0 aromatic heterocycles. The summed E-state index contributed by atoms with van der Waals surface area (Å²) in [6.45, 7) is 8.54. The van der Waals surface area contributed by atoms with Crippen LogP contribution in [0, 0.1) is 0 Å². The fourth-order valence-corrected chi connectivity index (χ4v) is 2.33. The van der Waals surface area contributed by atoms with E-state index in [0.29, 0.717) is 19.6 Å². The van der Waals surface area contributed by atoms with Crippen LogP contribution in [0.5, 0.6) is 0 Å². The third kappa shape index (κ3) is 12.9. The molecule has 2 rings (SSSR count). The lowest BCUT2D eigenvalue weighted by Crippen LogP contribution is -2.50. The molecule has 1 aliphatic rings. The number of nitrogens with zero attached hydrogens (tertiary/aromatic N) is 1. The number of carbonyl (C=O) groups is 4. The van der Waals surface area contributed by atoms with Gasteiger partial charge in [0.2, 0.25) is 11.8 Å². The average molecular weight is 437 g/mol. The van der Waals surface area contributed by atoms with E-state index in [1.807, 2.05) is 51.1 Å². The molecular weight excluding hydrogens is 404 g/mol. The molecule has 0 radical (unpaired) electrons. The second-order valence-corrected chi connectivity index (χ2v) is 7.65. The highest BCUT2D eigenvalue weighted by Gasteiger charge is 2.16. The fraction of sp³-hybridized carbons (Fsp3) is 0.524. The zero-order valence-electron chi connectivity index (χ0n) is 18.3. The number of amides is 3. The summed E-state index contributed by atoms with van der Waals surface area (Å²) < 4.78 is 9.54. The molecule has 1 aromatic carbocycles. The third-order valence-electron chi connectivity index (χ3n) is 3.91. The topological polar surface area (TPSA) is 126 Å². The highest BCUT2D eigenvalue weighted by Crippen LogP contribution is 2.02. The van der Waals surface area contributed by atoms with Crippen LogP contribution in [0.25, 0.3) is 0 Å². The summed E-state index contributed by atoms with van der Waals surface area (Å²) in [5, 5.41) is 7.98. The molecule has 1 fully saturated rings. The quantitative estimate of drug-likeness (QED) is 0.529. The van der Waals surface area contributed by atoms with Gasteiger partial charge in [0.05, 0.1) is 6.54 Å². The van der Waals surface area contributed by atoms with E-state index in [2.05, 4.69) is 20.7 Å². The van der Waals surface area contributed by atoms with Gasteiger partial charge in [-0.15, -0.1) is 0 Å². The summed E-state index contributed by atoms with van der Waals surface area (Å²) in [5.74, 6) is -0.563. The number of benzene rings is 1. The number of nitrogens with one attached hydrogen (secondary N) is 3. The largest absolute Gasteiger partial charge is 0.462 e. The Hall–Kier alpha value is -3.14. The van der Waals surface area contributed by atoms with Crippen molar-refractivity contribution in [2.45, 2.75) is 33.0 Å². The number of rotatable bonds is 7. The summed E-state index contributed by atoms with van der Waals surface area (Å²) in [6.07, 6.45) is -0.678. The van der Waals surface area contributed by atoms with Gasteiger partial charge in [0.15, 0.2) is 0 Å². The van der Waals surface area contributed by atoms with Gasteiger partial charge in [0, 0.05) is 26.2 Å². The zero-order chi connectivity index (χ0) is 23.1. The molecule has 0 saturated carbocycles. The lowest BCUT2D eigenvalue weighted by molar-refractivity contribution is -0.138. The van der Waals surface area contributed by atoms with Crippen molar-refractivity contribution in [3.05, 3.63) is 35.9 Å². The monoisotopic (exact) mass is 436 g/mol. The van der Waals surface area contributed by atoms with E-state index >= 15 is 0 Å². The summed E-state index contributed by atoms with van der Waals surface area (Å²) >= 11 is 0. The van der Waals surface area contributed by atoms with Gasteiger partial charge < -0.3 is 30.3 Å². The summed E-state index contributed by atoms with van der Waals surface area (Å²) in [4.78, 5) is 46.3. The van der Waals surface area contributed by atoms with Crippen LogP contribution >= 0.6 is 0 Å². The molecular formula is C21H32N4O6. The molecule has 10 nitrogen and oxygen atoms in total. The Morgan fingerprint density at radius 1 is 1.06 bits per heavy atom. The maximum atomic E-state index is 11.9. The first-order valence-electron chi connectivity index (χ1n) is 10.0. The molecule has 31 heavy (non-hydrogen) atoms. The molecule has 3 N–H and O–H groups in total. The highest BCUT2D eigenvalue weighted by atomic mass is 16.5. The third-order valence-corrected chi connectivity index (χ3v) is 3.91. The van der Waals surface area contributed by atoms with Crippen molar-refractivity contribution in [1.82, 2.24) is 20.9 Å². The molecule has 1 aliphatic heterocycles. The zero-order valence-corrected chi connectivity index (χ0v) is 18.3. The van der Waals surface area contributed by atoms with Crippen molar-refractivity contribution < 1.29 is 28.7 Å². The second kappa shape index (κ2) is 14.0. The van der Waals surface area contributed by atoms with Gasteiger partial charge in [-0.1, -0.05) is 30.3 Å². The van der Waals surface area contributed by atoms with Crippen molar-refractivity contribution in [2.75, 3.05) is 39.3 Å². The van der Waals surface area contributed by atoms with E-state index in [1.54, 1.807) is 4.90 Å². The van der Waals surface area contributed by atoms with Crippen LogP contribution in [-0.4, -0.2) is 74.1 Å². The van der Waals surface area contributed by atoms with Gasteiger partial charge in [-0.3, -0.25) is 14.4 Å². The van der Waals surface area contributed by atoms with Crippen molar-refractivity contribution in [1.29, 1.82) is 0 Å². The molecule has 0 aliphatic carbocycles. The highest BCUT2D eigenvalue weighted by molar-refractivity contribution is 5.87. The van der Waals surface area contributed by atoms with Gasteiger partial charge in [0.25, 0.3) is 6.47 Å². The van der Waals surface area contributed by atoms with E-state index in [0.717, 1.165) is 18.7 Å². The Kier molecular flexibility index (Phi) is 11.7. The van der Waals surface area contributed by atoms with Crippen LogP contribution in [0.2, 0.25) is 0 Å². The van der Waals surface area contributed by atoms with Crippen molar-refractivity contribution in [3.8, 4) is 0 Å². The predicted molar refractivity (Wildman–Crippen MR) is 114 cm³/mol. The first-order chi connectivity index (χ1) is 14.7. The van der Waals surface area contributed by atoms with Gasteiger partial charge in [0.1, 0.15) is 18.8 Å². The van der Waals surface area contributed by atoms with Crippen LogP contribution < -0.4 is 16.0 Å². The van der Waals surface area contributed by atoms with Crippen molar-refractivity contribution >= 4 is 24.4 Å². The number of hydrogen-bond donors (Lipinski definition) is 3. The van der Waals surface area contributed by atoms with E-state index in [9.17, 15) is 19.2 Å². The second-order valence-electron chi connectivity index (χ2n) is 7.65. The van der Waals surface area contributed by atoms with Crippen molar-refractivity contribution in [3.63, 3.8) is 0 Å². The fourth-order valence-electron chi connectivity index (χ4n) is 2.33. The van der Waals surface area contributed by atoms with Gasteiger partial charge in [-0.25, -0.2) is 4.79 Å². The van der Waals surface area contributed by atoms with Crippen LogP contribution in [0.3, 0.4) is 0 Å². The predicted octanol–water partition coefficient (Wildman–Crippen LogP) is 0.419. The molecule has 0 atom stereocenters. The molecule has 1 aromatic rings. The van der Waals surface area contributed by atoms with Gasteiger partial charge >= 0.3 is 6.09 Å². The van der Waals surface area contributed by atoms with E-state index < -0.39 is 12.0 Å². The molecule has 1 heterocycles. The Balaban J connectivity index is 0.000000592. The van der Waals surface area contributed by atoms with E-state index in [-0.39, 0.29) is 31.2 Å². The van der Waals surface area contributed by atoms with Crippen LogP contribution in [-0.2, 0) is 30.5 Å². The molecule has 10 heteroatoms. The smallest absolute Gasteiger partial charge is 0.407 e. The Labute approximate surface area is 182 Å². The van der Waals surface area contributed by atoms with E-state index in [4.69, 9.17) is 4.74 Å². The normalized spacial score (nSPS) is 13.2. The van der Waals surface area contributed by atoms with Crippen LogP contribution in [0.4, 0.5) is 4.79 Å². The molecule has 1 saturated heterocycles. The molecule has 172 valence electrons. The molecule has 0 unspecified atom stereocenters. The van der Waals surface area contributed by atoms with Gasteiger partial charge in [-0.05, 0) is 26.3 Å². The summed E-state index contributed by atoms with van der Waals surface area (Å²) in [7, 11) is 0. The first kappa shape index (κ1) is 25.9. The maximum absolute atomic E-state index is 11.9. The molecule has 0 spiro atoms. The number of hydrogen-bond acceptors (Lipinski definition) is 7. The average Bonchev–Trinajstić information content (AvgIpc) is 2.75. The van der Waals surface area contributed by atoms with Crippen LogP contribution in [0.1, 0.15) is 26.3 Å². The standard InChI is InChI=1S/C16H22N4O4.C5H10O2/c21-14(18-11-15(22)20-8-6-17-7-9-20)10-19-16(23)24-12-13-4-2-1-3-5-13;1-5(2,3)7-4-6/h1-5,17H,6-12H2,(H,18,21)(H,19,23);4H,1-3H3. The number of alkyl carbamates (subject to hydrolysis) is 1. The number of piperazine rings is 1.